The number of furan rings is 1. The first-order chi connectivity index (χ1) is 9.13. The molecular weight excluding hydrogens is 246 g/mol. The van der Waals surface area contributed by atoms with Crippen molar-refractivity contribution in [3.63, 3.8) is 0 Å². The Kier molecular flexibility index (Phi) is 4.01. The summed E-state index contributed by atoms with van der Waals surface area (Å²) in [4.78, 5) is 13.8. The first-order valence-electron chi connectivity index (χ1n) is 5.99. The number of amides is 1. The molecule has 19 heavy (non-hydrogen) atoms. The molecule has 0 bridgehead atoms. The largest absolute Gasteiger partial charge is 0.463 e. The van der Waals surface area contributed by atoms with Gasteiger partial charge in [-0.15, -0.1) is 0 Å². The molecule has 1 amide bonds. The van der Waals surface area contributed by atoms with Gasteiger partial charge in [0.25, 0.3) is 5.91 Å². The molecule has 6 heteroatoms. The molecule has 0 aliphatic heterocycles. The summed E-state index contributed by atoms with van der Waals surface area (Å²) in [5.74, 6) is 0.498. The highest BCUT2D eigenvalue weighted by molar-refractivity contribution is 5.93. The molecule has 0 aromatic carbocycles. The first-order valence-corrected chi connectivity index (χ1v) is 5.99. The van der Waals surface area contributed by atoms with Gasteiger partial charge in [0.05, 0.1) is 18.9 Å². The molecule has 0 saturated carbocycles. The van der Waals surface area contributed by atoms with Crippen molar-refractivity contribution in [3.05, 3.63) is 30.2 Å². The van der Waals surface area contributed by atoms with E-state index in [0.717, 1.165) is 0 Å². The molecule has 1 atom stereocenters. The van der Waals surface area contributed by atoms with Gasteiger partial charge in [-0.25, -0.2) is 0 Å². The standard InChI is InChI=1S/C13H17N3O3/c1-9(8-18-3)16(2)13(17)11-7-10(14-15-11)12-5-4-6-19-12/h4-7,9H,8H2,1-3H3,(H,14,15)/t9-/m1/s1. The van der Waals surface area contributed by atoms with Gasteiger partial charge in [-0.2, -0.15) is 5.10 Å². The number of H-pyrrole nitrogens is 1. The maximum atomic E-state index is 12.2. The Morgan fingerprint density at radius 1 is 1.63 bits per heavy atom. The second-order valence-electron chi connectivity index (χ2n) is 4.36. The van der Waals surface area contributed by atoms with E-state index in [1.54, 1.807) is 43.5 Å². The summed E-state index contributed by atoms with van der Waals surface area (Å²) in [6.07, 6.45) is 1.57. The van der Waals surface area contributed by atoms with Crippen LogP contribution in [0.25, 0.3) is 11.5 Å². The fraction of sp³-hybridized carbons (Fsp3) is 0.385. The molecule has 2 heterocycles. The van der Waals surface area contributed by atoms with Crippen LogP contribution in [0.5, 0.6) is 0 Å². The zero-order chi connectivity index (χ0) is 13.8. The Balaban J connectivity index is 2.12. The van der Waals surface area contributed by atoms with Gasteiger partial charge >= 0.3 is 0 Å². The maximum absolute atomic E-state index is 12.2. The van der Waals surface area contributed by atoms with Crippen molar-refractivity contribution in [3.8, 4) is 11.5 Å². The molecule has 2 aromatic heterocycles. The topological polar surface area (TPSA) is 71.4 Å². The monoisotopic (exact) mass is 263 g/mol. The van der Waals surface area contributed by atoms with E-state index >= 15 is 0 Å². The molecule has 0 aliphatic carbocycles. The van der Waals surface area contributed by atoms with E-state index in [9.17, 15) is 4.79 Å². The van der Waals surface area contributed by atoms with Crippen LogP contribution in [-0.4, -0.2) is 47.8 Å². The van der Waals surface area contributed by atoms with Crippen LogP contribution < -0.4 is 0 Å². The van der Waals surface area contributed by atoms with Gasteiger partial charge in [0, 0.05) is 20.2 Å². The Labute approximate surface area is 111 Å². The van der Waals surface area contributed by atoms with Crippen LogP contribution in [-0.2, 0) is 4.74 Å². The first kappa shape index (κ1) is 13.4. The van der Waals surface area contributed by atoms with Gasteiger partial charge in [-0.05, 0) is 19.1 Å². The van der Waals surface area contributed by atoms with Crippen molar-refractivity contribution >= 4 is 5.91 Å². The number of nitrogens with one attached hydrogen (secondary N) is 1. The number of carbonyl (C=O) groups excluding carboxylic acids is 1. The van der Waals surface area contributed by atoms with E-state index < -0.39 is 0 Å². The minimum atomic E-state index is -0.154. The van der Waals surface area contributed by atoms with Crippen molar-refractivity contribution < 1.29 is 13.9 Å². The molecule has 1 N–H and O–H groups in total. The van der Waals surface area contributed by atoms with E-state index in [-0.39, 0.29) is 11.9 Å². The molecule has 6 nitrogen and oxygen atoms in total. The van der Waals surface area contributed by atoms with Crippen molar-refractivity contribution in [1.29, 1.82) is 0 Å². The average Bonchev–Trinajstić information content (AvgIpc) is 3.07. The van der Waals surface area contributed by atoms with E-state index in [1.165, 1.54) is 0 Å². The number of carbonyl (C=O) groups is 1. The maximum Gasteiger partial charge on any atom is 0.274 e. The van der Waals surface area contributed by atoms with Gasteiger partial charge in [-0.3, -0.25) is 9.89 Å². The summed E-state index contributed by atoms with van der Waals surface area (Å²) in [6.45, 7) is 2.40. The van der Waals surface area contributed by atoms with Gasteiger partial charge in [-0.1, -0.05) is 0 Å². The van der Waals surface area contributed by atoms with E-state index in [4.69, 9.17) is 9.15 Å². The second kappa shape index (κ2) is 5.71. The van der Waals surface area contributed by atoms with Crippen molar-refractivity contribution in [2.45, 2.75) is 13.0 Å². The predicted molar refractivity (Wildman–Crippen MR) is 69.7 cm³/mol. The number of hydrogen-bond donors (Lipinski definition) is 1. The molecule has 102 valence electrons. The number of aromatic amines is 1. The van der Waals surface area contributed by atoms with Crippen molar-refractivity contribution in [1.82, 2.24) is 15.1 Å². The van der Waals surface area contributed by atoms with Crippen LogP contribution in [0.3, 0.4) is 0 Å². The number of nitrogens with zero attached hydrogens (tertiary/aromatic N) is 2. The van der Waals surface area contributed by atoms with Gasteiger partial charge in [0.2, 0.25) is 0 Å². The molecule has 0 spiro atoms. The molecule has 0 fully saturated rings. The number of likely N-dealkylation sites (N-methyl/N-ethyl adjacent to an activating group) is 1. The third-order valence-electron chi connectivity index (χ3n) is 2.97. The molecule has 0 unspecified atom stereocenters. The number of hydrogen-bond acceptors (Lipinski definition) is 4. The van der Waals surface area contributed by atoms with E-state index in [2.05, 4.69) is 10.2 Å². The lowest BCUT2D eigenvalue weighted by Crippen LogP contribution is -2.38. The van der Waals surface area contributed by atoms with E-state index in [0.29, 0.717) is 23.8 Å². The lowest BCUT2D eigenvalue weighted by Gasteiger charge is -2.23. The molecule has 2 aromatic rings. The quantitative estimate of drug-likeness (QED) is 0.892. The zero-order valence-electron chi connectivity index (χ0n) is 11.2. The third kappa shape index (κ3) is 2.85. The molecule has 0 radical (unpaired) electrons. The summed E-state index contributed by atoms with van der Waals surface area (Å²) in [6, 6.07) is 5.25. The third-order valence-corrected chi connectivity index (χ3v) is 2.97. The minimum Gasteiger partial charge on any atom is -0.463 e. The molecule has 0 saturated heterocycles. The fourth-order valence-electron chi connectivity index (χ4n) is 1.72. The highest BCUT2D eigenvalue weighted by atomic mass is 16.5. The van der Waals surface area contributed by atoms with E-state index in [1.807, 2.05) is 6.92 Å². The summed E-state index contributed by atoms with van der Waals surface area (Å²) in [7, 11) is 3.34. The zero-order valence-corrected chi connectivity index (χ0v) is 11.2. The van der Waals surface area contributed by atoms with Gasteiger partial charge in [0.15, 0.2) is 11.5 Å². The smallest absolute Gasteiger partial charge is 0.274 e. The van der Waals surface area contributed by atoms with Gasteiger partial charge < -0.3 is 14.1 Å². The van der Waals surface area contributed by atoms with Crippen molar-refractivity contribution in [2.24, 2.45) is 0 Å². The summed E-state index contributed by atoms with van der Waals surface area (Å²) in [5.41, 5.74) is 1.04. The second-order valence-corrected chi connectivity index (χ2v) is 4.36. The summed E-state index contributed by atoms with van der Waals surface area (Å²) in [5, 5.41) is 6.81. The van der Waals surface area contributed by atoms with Crippen molar-refractivity contribution in [2.75, 3.05) is 20.8 Å². The number of rotatable bonds is 5. The normalized spacial score (nSPS) is 12.4. The highest BCUT2D eigenvalue weighted by Gasteiger charge is 2.20. The number of ether oxygens (including phenoxy) is 1. The van der Waals surface area contributed by atoms with Crippen LogP contribution in [0.4, 0.5) is 0 Å². The highest BCUT2D eigenvalue weighted by Crippen LogP contribution is 2.18. The molecular formula is C13H17N3O3. The lowest BCUT2D eigenvalue weighted by molar-refractivity contribution is 0.0628. The number of aromatic nitrogens is 2. The Bertz CT molecular complexity index is 533. The van der Waals surface area contributed by atoms with Crippen LogP contribution in [0, 0.1) is 0 Å². The Hall–Kier alpha value is -2.08. The molecule has 0 aliphatic rings. The average molecular weight is 263 g/mol. The van der Waals surface area contributed by atoms with Crippen LogP contribution in [0.2, 0.25) is 0 Å². The minimum absolute atomic E-state index is 0.0127. The Morgan fingerprint density at radius 3 is 3.05 bits per heavy atom. The van der Waals surface area contributed by atoms with Crippen LogP contribution in [0.15, 0.2) is 28.9 Å². The van der Waals surface area contributed by atoms with Gasteiger partial charge in [0.1, 0.15) is 5.69 Å². The predicted octanol–water partition coefficient (Wildman–Crippen LogP) is 1.78. The Morgan fingerprint density at radius 2 is 2.42 bits per heavy atom. The lowest BCUT2D eigenvalue weighted by atomic mass is 10.2. The summed E-state index contributed by atoms with van der Waals surface area (Å²) >= 11 is 0. The summed E-state index contributed by atoms with van der Waals surface area (Å²) < 4.78 is 10.3. The number of methoxy groups -OCH3 is 1. The SMILES string of the molecule is COC[C@@H](C)N(C)C(=O)c1cc(-c2ccco2)[nH]n1. The van der Waals surface area contributed by atoms with Crippen LogP contribution >= 0.6 is 0 Å². The molecule has 2 rings (SSSR count). The van der Waals surface area contributed by atoms with Crippen LogP contribution in [0.1, 0.15) is 17.4 Å². The fourth-order valence-corrected chi connectivity index (χ4v) is 1.72.